The van der Waals surface area contributed by atoms with Crippen molar-refractivity contribution in [2.75, 3.05) is 0 Å². The molecule has 0 aliphatic carbocycles. The molecule has 5 heteroatoms. The monoisotopic (exact) mass is 459 g/mol. The summed E-state index contributed by atoms with van der Waals surface area (Å²) in [7, 11) is 0. The van der Waals surface area contributed by atoms with Crippen molar-refractivity contribution in [1.82, 2.24) is 4.98 Å². The van der Waals surface area contributed by atoms with Crippen LogP contribution in [0.25, 0.3) is 5.57 Å². The molecule has 2 heterocycles. The average molecular weight is 460 g/mol. The Morgan fingerprint density at radius 1 is 1.12 bits per heavy atom. The van der Waals surface area contributed by atoms with Crippen LogP contribution in [0.5, 0.6) is 11.5 Å². The van der Waals surface area contributed by atoms with Gasteiger partial charge in [-0.3, -0.25) is 9.78 Å². The predicted octanol–water partition coefficient (Wildman–Crippen LogP) is 6.88. The van der Waals surface area contributed by atoms with Crippen molar-refractivity contribution in [3.8, 4) is 11.5 Å². The summed E-state index contributed by atoms with van der Waals surface area (Å²) in [6.07, 6.45) is 8.34. The largest absolute Gasteiger partial charge is 0.483 e. The third kappa shape index (κ3) is 5.53. The molecule has 0 fully saturated rings. The number of aromatic nitrogens is 1. The van der Waals surface area contributed by atoms with Crippen molar-refractivity contribution < 1.29 is 18.7 Å². The fraction of sp³-hybridized carbons (Fsp3) is 0.310. The summed E-state index contributed by atoms with van der Waals surface area (Å²) in [5, 5.41) is 0. The maximum atomic E-state index is 13.2. The van der Waals surface area contributed by atoms with Gasteiger partial charge in [-0.15, -0.1) is 0 Å². The summed E-state index contributed by atoms with van der Waals surface area (Å²) < 4.78 is 25.2. The Labute approximate surface area is 200 Å². The molecule has 4 rings (SSSR count). The SMILES string of the molecule is CC(=O)Oc1cc(C(C)CCCc2ccc(F)cc2)cc2c1C(c1ccncc1)=CC(C)(C)O2. The number of benzene rings is 2. The second kappa shape index (κ2) is 9.80. The van der Waals surface area contributed by atoms with Crippen LogP contribution in [0.15, 0.2) is 67.0 Å². The molecule has 1 aliphatic heterocycles. The number of carbonyl (C=O) groups excluding carboxylic acids is 1. The Balaban J connectivity index is 1.65. The van der Waals surface area contributed by atoms with Crippen molar-refractivity contribution >= 4 is 11.5 Å². The molecule has 0 spiro atoms. The van der Waals surface area contributed by atoms with Gasteiger partial charge in [0.1, 0.15) is 22.9 Å². The van der Waals surface area contributed by atoms with Crippen LogP contribution in [0.3, 0.4) is 0 Å². The molecule has 176 valence electrons. The quantitative estimate of drug-likeness (QED) is 0.286. The highest BCUT2D eigenvalue weighted by molar-refractivity contribution is 5.89. The highest BCUT2D eigenvalue weighted by atomic mass is 19.1. The molecule has 1 aromatic heterocycles. The number of fused-ring (bicyclic) bond motifs is 1. The van der Waals surface area contributed by atoms with Gasteiger partial charge < -0.3 is 9.47 Å². The fourth-order valence-corrected chi connectivity index (χ4v) is 4.40. The van der Waals surface area contributed by atoms with E-state index >= 15 is 0 Å². The van der Waals surface area contributed by atoms with E-state index in [4.69, 9.17) is 9.47 Å². The van der Waals surface area contributed by atoms with Gasteiger partial charge >= 0.3 is 5.97 Å². The minimum atomic E-state index is -0.524. The van der Waals surface area contributed by atoms with Crippen LogP contribution in [-0.4, -0.2) is 16.6 Å². The van der Waals surface area contributed by atoms with Crippen LogP contribution in [0, 0.1) is 5.82 Å². The number of hydrogen-bond donors (Lipinski definition) is 0. The van der Waals surface area contributed by atoms with E-state index in [0.717, 1.165) is 47.1 Å². The van der Waals surface area contributed by atoms with Gasteiger partial charge in [0, 0.05) is 19.3 Å². The van der Waals surface area contributed by atoms with Gasteiger partial charge in [-0.1, -0.05) is 19.1 Å². The summed E-state index contributed by atoms with van der Waals surface area (Å²) in [5.41, 5.74) is 4.38. The number of nitrogens with zero attached hydrogens (tertiary/aromatic N) is 1. The molecule has 34 heavy (non-hydrogen) atoms. The minimum absolute atomic E-state index is 0.215. The standard InChI is InChI=1S/C29H30FNO3/c1-19(6-5-7-21-8-10-24(30)11-9-21)23-16-26(33-20(2)32)28-25(22-12-14-31-15-13-22)18-29(3,4)34-27(28)17-23/h8-19H,5-7H2,1-4H3. The molecule has 0 bridgehead atoms. The second-order valence-corrected chi connectivity index (χ2v) is 9.40. The summed E-state index contributed by atoms with van der Waals surface area (Å²) in [6, 6.07) is 14.6. The molecule has 1 unspecified atom stereocenters. The molecule has 3 aromatic rings. The van der Waals surface area contributed by atoms with E-state index in [1.807, 2.05) is 44.2 Å². The molecule has 0 amide bonds. The number of carbonyl (C=O) groups is 1. The number of esters is 1. The third-order valence-corrected chi connectivity index (χ3v) is 6.05. The van der Waals surface area contributed by atoms with Gasteiger partial charge in [0.15, 0.2) is 0 Å². The van der Waals surface area contributed by atoms with E-state index in [0.29, 0.717) is 11.5 Å². The van der Waals surface area contributed by atoms with Crippen molar-refractivity contribution in [1.29, 1.82) is 0 Å². The van der Waals surface area contributed by atoms with Gasteiger partial charge in [0.2, 0.25) is 0 Å². The first-order valence-corrected chi connectivity index (χ1v) is 11.7. The zero-order valence-corrected chi connectivity index (χ0v) is 20.1. The average Bonchev–Trinajstić information content (AvgIpc) is 2.79. The summed E-state index contributed by atoms with van der Waals surface area (Å²) in [5.74, 6) is 0.846. The second-order valence-electron chi connectivity index (χ2n) is 9.40. The Morgan fingerprint density at radius 3 is 2.50 bits per heavy atom. The molecule has 0 saturated heterocycles. The first-order chi connectivity index (χ1) is 16.2. The molecule has 0 saturated carbocycles. The van der Waals surface area contributed by atoms with Gasteiger partial charge in [0.05, 0.1) is 5.56 Å². The molecule has 1 aliphatic rings. The van der Waals surface area contributed by atoms with Crippen molar-refractivity contribution in [2.45, 2.75) is 58.5 Å². The van der Waals surface area contributed by atoms with Crippen LogP contribution >= 0.6 is 0 Å². The Hall–Kier alpha value is -3.47. The lowest BCUT2D eigenvalue weighted by molar-refractivity contribution is -0.131. The summed E-state index contributed by atoms with van der Waals surface area (Å²) in [6.45, 7) is 7.61. The molecular weight excluding hydrogens is 429 g/mol. The van der Waals surface area contributed by atoms with Crippen LogP contribution in [-0.2, 0) is 11.2 Å². The van der Waals surface area contributed by atoms with Gasteiger partial charge in [-0.2, -0.15) is 0 Å². The van der Waals surface area contributed by atoms with E-state index in [1.165, 1.54) is 19.1 Å². The van der Waals surface area contributed by atoms with Crippen molar-refractivity contribution in [3.63, 3.8) is 0 Å². The van der Waals surface area contributed by atoms with E-state index in [9.17, 15) is 9.18 Å². The van der Waals surface area contributed by atoms with Crippen LogP contribution in [0.4, 0.5) is 4.39 Å². The first-order valence-electron chi connectivity index (χ1n) is 11.7. The lowest BCUT2D eigenvalue weighted by Gasteiger charge is -2.33. The lowest BCUT2D eigenvalue weighted by Crippen LogP contribution is -2.29. The highest BCUT2D eigenvalue weighted by Gasteiger charge is 2.31. The van der Waals surface area contributed by atoms with Crippen LogP contribution in [0.1, 0.15) is 68.7 Å². The number of ether oxygens (including phenoxy) is 2. The first kappa shape index (κ1) is 23.7. The predicted molar refractivity (Wildman–Crippen MR) is 132 cm³/mol. The third-order valence-electron chi connectivity index (χ3n) is 6.05. The number of hydrogen-bond acceptors (Lipinski definition) is 4. The summed E-state index contributed by atoms with van der Waals surface area (Å²) in [4.78, 5) is 16.1. The van der Waals surface area contributed by atoms with E-state index in [1.54, 1.807) is 12.4 Å². The molecule has 0 radical (unpaired) electrons. The Bertz CT molecular complexity index is 1200. The molecule has 1 atom stereocenters. The summed E-state index contributed by atoms with van der Waals surface area (Å²) >= 11 is 0. The van der Waals surface area contributed by atoms with Gasteiger partial charge in [-0.25, -0.2) is 4.39 Å². The number of pyridine rings is 1. The maximum Gasteiger partial charge on any atom is 0.308 e. The van der Waals surface area contributed by atoms with Crippen molar-refractivity contribution in [2.24, 2.45) is 0 Å². The van der Waals surface area contributed by atoms with Gasteiger partial charge in [0.25, 0.3) is 0 Å². The molecule has 2 aromatic carbocycles. The zero-order valence-electron chi connectivity index (χ0n) is 20.1. The highest BCUT2D eigenvalue weighted by Crippen LogP contribution is 2.46. The van der Waals surface area contributed by atoms with Crippen LogP contribution < -0.4 is 9.47 Å². The number of halogens is 1. The van der Waals surface area contributed by atoms with E-state index in [2.05, 4.69) is 24.1 Å². The van der Waals surface area contributed by atoms with E-state index < -0.39 is 5.60 Å². The molecular formula is C29H30FNO3. The lowest BCUT2D eigenvalue weighted by atomic mass is 9.86. The molecule has 4 nitrogen and oxygen atoms in total. The Kier molecular flexibility index (Phi) is 6.82. The van der Waals surface area contributed by atoms with E-state index in [-0.39, 0.29) is 17.7 Å². The zero-order chi connectivity index (χ0) is 24.3. The van der Waals surface area contributed by atoms with Gasteiger partial charge in [-0.05, 0) is 104 Å². The topological polar surface area (TPSA) is 48.4 Å². The number of aryl methyl sites for hydroxylation is 1. The smallest absolute Gasteiger partial charge is 0.308 e. The number of rotatable bonds is 7. The molecule has 0 N–H and O–H groups in total. The Morgan fingerprint density at radius 2 is 1.82 bits per heavy atom. The minimum Gasteiger partial charge on any atom is -0.483 e. The normalized spacial score (nSPS) is 15.0. The fourth-order valence-electron chi connectivity index (χ4n) is 4.40. The van der Waals surface area contributed by atoms with Crippen LogP contribution in [0.2, 0.25) is 0 Å². The maximum absolute atomic E-state index is 13.2. The van der Waals surface area contributed by atoms with Crippen molar-refractivity contribution in [3.05, 3.63) is 95.1 Å².